The van der Waals surface area contributed by atoms with Gasteiger partial charge in [-0.2, -0.15) is 0 Å². The Balaban J connectivity index is 2.00. The molecule has 0 aromatic heterocycles. The third-order valence-electron chi connectivity index (χ3n) is 2.58. The van der Waals surface area contributed by atoms with Gasteiger partial charge in [-0.05, 0) is 31.5 Å². The summed E-state index contributed by atoms with van der Waals surface area (Å²) in [6.45, 7) is 0.710. The molecular weight excluding hydrogens is 210 g/mol. The first-order valence-corrected chi connectivity index (χ1v) is 5.92. The van der Waals surface area contributed by atoms with E-state index in [0.29, 0.717) is 24.1 Å². The van der Waals surface area contributed by atoms with Crippen LogP contribution in [0.5, 0.6) is 0 Å². The topological polar surface area (TPSA) is 67.2 Å². The fourth-order valence-electron chi connectivity index (χ4n) is 1.77. The molecule has 0 aromatic rings. The van der Waals surface area contributed by atoms with Gasteiger partial charge in [0.15, 0.2) is 5.11 Å². The van der Waals surface area contributed by atoms with Gasteiger partial charge in [-0.15, -0.1) is 0 Å². The number of hydrogen-bond donors (Lipinski definition) is 3. The van der Waals surface area contributed by atoms with Crippen LogP contribution in [0.2, 0.25) is 0 Å². The fraction of sp³-hybridized carbons (Fsp3) is 0.800. The molecule has 1 saturated carbocycles. The van der Waals surface area contributed by atoms with Crippen LogP contribution < -0.4 is 16.4 Å². The standard InChI is InChI=1S/C10H19N3OS/c11-9(14)6-3-7-12-10(15)13-8-4-1-2-5-8/h8H,1-7H2,(H2,11,14)(H2,12,13,15). The molecule has 1 amide bonds. The van der Waals surface area contributed by atoms with E-state index < -0.39 is 0 Å². The first kappa shape index (κ1) is 12.2. The van der Waals surface area contributed by atoms with Gasteiger partial charge in [-0.1, -0.05) is 12.8 Å². The second-order valence-corrected chi connectivity index (χ2v) is 4.36. The van der Waals surface area contributed by atoms with E-state index in [1.807, 2.05) is 0 Å². The van der Waals surface area contributed by atoms with Crippen molar-refractivity contribution in [3.8, 4) is 0 Å². The average molecular weight is 229 g/mol. The van der Waals surface area contributed by atoms with Crippen molar-refractivity contribution < 1.29 is 4.79 Å². The van der Waals surface area contributed by atoms with E-state index in [0.717, 1.165) is 6.42 Å². The highest BCUT2D eigenvalue weighted by atomic mass is 32.1. The van der Waals surface area contributed by atoms with Gasteiger partial charge in [0.1, 0.15) is 0 Å². The van der Waals surface area contributed by atoms with Crippen molar-refractivity contribution in [2.24, 2.45) is 5.73 Å². The van der Waals surface area contributed by atoms with Crippen molar-refractivity contribution in [1.82, 2.24) is 10.6 Å². The maximum Gasteiger partial charge on any atom is 0.217 e. The lowest BCUT2D eigenvalue weighted by molar-refractivity contribution is -0.118. The summed E-state index contributed by atoms with van der Waals surface area (Å²) in [5.41, 5.74) is 5.03. The average Bonchev–Trinajstić information content (AvgIpc) is 2.64. The molecule has 0 bridgehead atoms. The highest BCUT2D eigenvalue weighted by Crippen LogP contribution is 2.17. The summed E-state index contributed by atoms with van der Waals surface area (Å²) in [5, 5.41) is 7.05. The second kappa shape index (κ2) is 6.61. The zero-order chi connectivity index (χ0) is 11.1. The molecule has 5 heteroatoms. The molecule has 0 heterocycles. The molecule has 4 nitrogen and oxygen atoms in total. The van der Waals surface area contributed by atoms with E-state index in [1.54, 1.807) is 0 Å². The van der Waals surface area contributed by atoms with Gasteiger partial charge >= 0.3 is 0 Å². The molecule has 86 valence electrons. The number of hydrogen-bond acceptors (Lipinski definition) is 2. The summed E-state index contributed by atoms with van der Waals surface area (Å²) in [7, 11) is 0. The number of nitrogens with one attached hydrogen (secondary N) is 2. The van der Waals surface area contributed by atoms with Crippen LogP contribution in [0, 0.1) is 0 Å². The lowest BCUT2D eigenvalue weighted by Gasteiger charge is -2.15. The largest absolute Gasteiger partial charge is 0.370 e. The lowest BCUT2D eigenvalue weighted by atomic mass is 10.2. The van der Waals surface area contributed by atoms with Gasteiger partial charge in [0.25, 0.3) is 0 Å². The van der Waals surface area contributed by atoms with E-state index in [1.165, 1.54) is 25.7 Å². The normalized spacial score (nSPS) is 16.3. The van der Waals surface area contributed by atoms with Crippen LogP contribution in [0.3, 0.4) is 0 Å². The van der Waals surface area contributed by atoms with Crippen LogP contribution in [0.1, 0.15) is 38.5 Å². The molecule has 0 aliphatic heterocycles. The zero-order valence-corrected chi connectivity index (χ0v) is 9.74. The molecule has 1 rings (SSSR count). The first-order chi connectivity index (χ1) is 7.18. The Bertz CT molecular complexity index is 227. The van der Waals surface area contributed by atoms with Gasteiger partial charge in [-0.3, -0.25) is 4.79 Å². The molecule has 0 saturated heterocycles. The molecule has 0 aromatic carbocycles. The van der Waals surface area contributed by atoms with Crippen LogP contribution in [0.25, 0.3) is 0 Å². The number of primary amides is 1. The van der Waals surface area contributed by atoms with Gasteiger partial charge in [0, 0.05) is 19.0 Å². The van der Waals surface area contributed by atoms with Crippen LogP contribution in [0.4, 0.5) is 0 Å². The van der Waals surface area contributed by atoms with Crippen molar-refractivity contribution in [3.05, 3.63) is 0 Å². The van der Waals surface area contributed by atoms with E-state index in [-0.39, 0.29) is 5.91 Å². The van der Waals surface area contributed by atoms with Crippen molar-refractivity contribution in [3.63, 3.8) is 0 Å². The van der Waals surface area contributed by atoms with Crippen molar-refractivity contribution in [2.75, 3.05) is 6.54 Å². The molecule has 0 unspecified atom stereocenters. The Kier molecular flexibility index (Phi) is 5.39. The molecule has 0 radical (unpaired) electrons. The summed E-state index contributed by atoms with van der Waals surface area (Å²) in [5.74, 6) is -0.258. The van der Waals surface area contributed by atoms with Gasteiger partial charge in [0.05, 0.1) is 0 Å². The van der Waals surface area contributed by atoms with Gasteiger partial charge in [0.2, 0.25) is 5.91 Å². The van der Waals surface area contributed by atoms with Crippen molar-refractivity contribution >= 4 is 23.2 Å². The molecule has 0 spiro atoms. The SMILES string of the molecule is NC(=O)CCCNC(=S)NC1CCCC1. The minimum atomic E-state index is -0.258. The minimum Gasteiger partial charge on any atom is -0.370 e. The summed E-state index contributed by atoms with van der Waals surface area (Å²) in [6.07, 6.45) is 6.16. The zero-order valence-electron chi connectivity index (χ0n) is 8.92. The van der Waals surface area contributed by atoms with Crippen molar-refractivity contribution in [1.29, 1.82) is 0 Å². The molecule has 4 N–H and O–H groups in total. The summed E-state index contributed by atoms with van der Waals surface area (Å²) in [4.78, 5) is 10.5. The molecule has 1 aliphatic rings. The third kappa shape index (κ3) is 5.57. The second-order valence-electron chi connectivity index (χ2n) is 3.95. The van der Waals surface area contributed by atoms with Gasteiger partial charge in [-0.25, -0.2) is 0 Å². The highest BCUT2D eigenvalue weighted by Gasteiger charge is 2.14. The predicted molar refractivity (Wildman–Crippen MR) is 64.4 cm³/mol. The third-order valence-corrected chi connectivity index (χ3v) is 2.84. The Morgan fingerprint density at radius 2 is 2.07 bits per heavy atom. The highest BCUT2D eigenvalue weighted by molar-refractivity contribution is 7.80. The number of carbonyl (C=O) groups is 1. The maximum absolute atomic E-state index is 10.5. The van der Waals surface area contributed by atoms with E-state index in [4.69, 9.17) is 18.0 Å². The Morgan fingerprint density at radius 3 is 2.67 bits per heavy atom. The predicted octanol–water partition coefficient (Wildman–Crippen LogP) is 0.659. The lowest BCUT2D eigenvalue weighted by Crippen LogP contribution is -2.41. The quantitative estimate of drug-likeness (QED) is 0.478. The molecule has 15 heavy (non-hydrogen) atoms. The van der Waals surface area contributed by atoms with E-state index in [9.17, 15) is 4.79 Å². The summed E-state index contributed by atoms with van der Waals surface area (Å²) >= 11 is 5.13. The Hall–Kier alpha value is -0.840. The van der Waals surface area contributed by atoms with Crippen molar-refractivity contribution in [2.45, 2.75) is 44.6 Å². The van der Waals surface area contributed by atoms with Gasteiger partial charge < -0.3 is 16.4 Å². The molecule has 1 aliphatic carbocycles. The number of rotatable bonds is 5. The number of amides is 1. The Morgan fingerprint density at radius 1 is 1.40 bits per heavy atom. The monoisotopic (exact) mass is 229 g/mol. The molecule has 1 fully saturated rings. The van der Waals surface area contributed by atoms with Crippen LogP contribution in [-0.2, 0) is 4.79 Å². The maximum atomic E-state index is 10.5. The minimum absolute atomic E-state index is 0.258. The van der Waals surface area contributed by atoms with E-state index in [2.05, 4.69) is 10.6 Å². The molecule has 0 atom stereocenters. The number of carbonyl (C=O) groups excluding carboxylic acids is 1. The number of thiocarbonyl (C=S) groups is 1. The smallest absolute Gasteiger partial charge is 0.217 e. The first-order valence-electron chi connectivity index (χ1n) is 5.51. The summed E-state index contributed by atoms with van der Waals surface area (Å²) < 4.78 is 0. The number of nitrogens with two attached hydrogens (primary N) is 1. The summed E-state index contributed by atoms with van der Waals surface area (Å²) in [6, 6.07) is 0.543. The van der Waals surface area contributed by atoms with Crippen LogP contribution in [0.15, 0.2) is 0 Å². The Labute approximate surface area is 96.0 Å². The fourth-order valence-corrected chi connectivity index (χ4v) is 2.04. The van der Waals surface area contributed by atoms with Crippen LogP contribution in [-0.4, -0.2) is 23.6 Å². The van der Waals surface area contributed by atoms with Crippen LogP contribution >= 0.6 is 12.2 Å². The molecular formula is C10H19N3OS. The van der Waals surface area contributed by atoms with E-state index >= 15 is 0 Å².